The summed E-state index contributed by atoms with van der Waals surface area (Å²) < 4.78 is 1.54. The zero-order chi connectivity index (χ0) is 11.8. The number of phenolic OH excluding ortho intramolecular Hbond substituents is 1. The number of phenols is 1. The minimum absolute atomic E-state index is 0.182. The Hall–Kier alpha value is -2.43. The zero-order valence-electron chi connectivity index (χ0n) is 9.20. The number of aryl methyl sites for hydroxylation is 1. The summed E-state index contributed by atoms with van der Waals surface area (Å²) in [5.74, 6) is 0.737. The van der Waals surface area contributed by atoms with Crippen LogP contribution in [0.15, 0.2) is 36.4 Å². The van der Waals surface area contributed by atoms with Crippen LogP contribution in [0.3, 0.4) is 0 Å². The van der Waals surface area contributed by atoms with Gasteiger partial charge in [0.05, 0.1) is 5.56 Å². The van der Waals surface area contributed by atoms with E-state index in [2.05, 4.69) is 15.5 Å². The molecule has 1 heterocycles. The highest BCUT2D eigenvalue weighted by molar-refractivity contribution is 5.97. The molecule has 0 atom stereocenters. The first kappa shape index (κ1) is 9.77. The average Bonchev–Trinajstić information content (AvgIpc) is 2.75. The van der Waals surface area contributed by atoms with E-state index >= 15 is 0 Å². The van der Waals surface area contributed by atoms with Crippen molar-refractivity contribution in [1.82, 2.24) is 20.2 Å². The second-order valence-electron chi connectivity index (χ2n) is 3.81. The lowest BCUT2D eigenvalue weighted by Crippen LogP contribution is -1.95. The van der Waals surface area contributed by atoms with E-state index in [1.807, 2.05) is 30.3 Å². The third-order valence-corrected chi connectivity index (χ3v) is 2.75. The lowest BCUT2D eigenvalue weighted by atomic mass is 10.0. The number of fused-ring (bicyclic) bond motifs is 1. The van der Waals surface area contributed by atoms with Gasteiger partial charge in [0.2, 0.25) is 0 Å². The molecule has 2 aromatic carbocycles. The Morgan fingerprint density at radius 2 is 1.94 bits per heavy atom. The molecule has 1 aromatic heterocycles. The smallest absolute Gasteiger partial charge is 0.186 e. The molecule has 0 aliphatic heterocycles. The van der Waals surface area contributed by atoms with Crippen LogP contribution in [0.2, 0.25) is 0 Å². The van der Waals surface area contributed by atoms with Crippen LogP contribution in [0.25, 0.3) is 22.2 Å². The van der Waals surface area contributed by atoms with Gasteiger partial charge in [-0.2, -0.15) is 0 Å². The zero-order valence-corrected chi connectivity index (χ0v) is 9.20. The molecule has 0 aliphatic carbocycles. The monoisotopic (exact) mass is 226 g/mol. The van der Waals surface area contributed by atoms with Gasteiger partial charge in [-0.25, -0.2) is 4.68 Å². The Balaban J connectivity index is 2.42. The Morgan fingerprint density at radius 1 is 1.12 bits per heavy atom. The molecule has 3 rings (SSSR count). The van der Waals surface area contributed by atoms with E-state index < -0.39 is 0 Å². The van der Waals surface area contributed by atoms with Crippen molar-refractivity contribution in [3.8, 4) is 17.1 Å². The summed E-state index contributed by atoms with van der Waals surface area (Å²) in [6, 6.07) is 11.3. The lowest BCUT2D eigenvalue weighted by molar-refractivity contribution is 0.477. The SMILES string of the molecule is Cn1nnnc1-c1c(O)ccc2ccccc12. The first-order valence-electron chi connectivity index (χ1n) is 5.21. The van der Waals surface area contributed by atoms with Gasteiger partial charge in [0.15, 0.2) is 5.82 Å². The van der Waals surface area contributed by atoms with Crippen molar-refractivity contribution in [2.45, 2.75) is 0 Å². The maximum atomic E-state index is 10.00. The third-order valence-electron chi connectivity index (χ3n) is 2.75. The van der Waals surface area contributed by atoms with Crippen LogP contribution in [-0.4, -0.2) is 25.3 Å². The van der Waals surface area contributed by atoms with Gasteiger partial charge in [0, 0.05) is 7.05 Å². The summed E-state index contributed by atoms with van der Waals surface area (Å²) in [6.07, 6.45) is 0. The van der Waals surface area contributed by atoms with E-state index in [0.717, 1.165) is 10.8 Å². The maximum absolute atomic E-state index is 10.00. The van der Waals surface area contributed by atoms with Crippen LogP contribution < -0.4 is 0 Å². The van der Waals surface area contributed by atoms with Crippen molar-refractivity contribution in [3.63, 3.8) is 0 Å². The molecule has 0 aliphatic rings. The fourth-order valence-electron chi connectivity index (χ4n) is 1.94. The van der Waals surface area contributed by atoms with E-state index in [-0.39, 0.29) is 5.75 Å². The van der Waals surface area contributed by atoms with Crippen LogP contribution >= 0.6 is 0 Å². The molecule has 0 spiro atoms. The molecular weight excluding hydrogens is 216 g/mol. The van der Waals surface area contributed by atoms with Crippen molar-refractivity contribution in [2.24, 2.45) is 7.05 Å². The minimum Gasteiger partial charge on any atom is -0.507 e. The second kappa shape index (κ2) is 3.55. The minimum atomic E-state index is 0.182. The molecule has 0 bridgehead atoms. The van der Waals surface area contributed by atoms with Crippen LogP contribution in [-0.2, 0) is 7.05 Å². The molecule has 5 nitrogen and oxygen atoms in total. The predicted molar refractivity (Wildman–Crippen MR) is 63.4 cm³/mol. The largest absolute Gasteiger partial charge is 0.507 e. The summed E-state index contributed by atoms with van der Waals surface area (Å²) in [5.41, 5.74) is 0.663. The second-order valence-corrected chi connectivity index (χ2v) is 3.81. The first-order valence-corrected chi connectivity index (χ1v) is 5.21. The van der Waals surface area contributed by atoms with Gasteiger partial charge >= 0.3 is 0 Å². The van der Waals surface area contributed by atoms with Crippen molar-refractivity contribution in [3.05, 3.63) is 36.4 Å². The summed E-state index contributed by atoms with van der Waals surface area (Å²) >= 11 is 0. The summed E-state index contributed by atoms with van der Waals surface area (Å²) in [6.45, 7) is 0. The Labute approximate surface area is 97.3 Å². The third kappa shape index (κ3) is 1.44. The normalized spacial score (nSPS) is 10.9. The number of hydrogen-bond acceptors (Lipinski definition) is 4. The van der Waals surface area contributed by atoms with Gasteiger partial charge in [-0.1, -0.05) is 30.3 Å². The highest BCUT2D eigenvalue weighted by Crippen LogP contribution is 2.34. The molecule has 0 unspecified atom stereocenters. The maximum Gasteiger partial charge on any atom is 0.186 e. The number of nitrogens with zero attached hydrogens (tertiary/aromatic N) is 4. The van der Waals surface area contributed by atoms with Crippen molar-refractivity contribution in [1.29, 1.82) is 0 Å². The number of benzene rings is 2. The van der Waals surface area contributed by atoms with E-state index in [4.69, 9.17) is 0 Å². The Bertz CT molecular complexity index is 690. The fraction of sp³-hybridized carbons (Fsp3) is 0.0833. The van der Waals surface area contributed by atoms with Crippen molar-refractivity contribution >= 4 is 10.8 Å². The van der Waals surface area contributed by atoms with E-state index in [0.29, 0.717) is 11.4 Å². The summed E-state index contributed by atoms with van der Waals surface area (Å²) in [5, 5.41) is 23.3. The summed E-state index contributed by atoms with van der Waals surface area (Å²) in [7, 11) is 1.75. The number of tetrazole rings is 1. The molecule has 1 N–H and O–H groups in total. The summed E-state index contributed by atoms with van der Waals surface area (Å²) in [4.78, 5) is 0. The molecule has 84 valence electrons. The van der Waals surface area contributed by atoms with Gasteiger partial charge in [-0.3, -0.25) is 0 Å². The predicted octanol–water partition coefficient (Wildman–Crippen LogP) is 1.74. The van der Waals surface area contributed by atoms with Crippen LogP contribution in [0, 0.1) is 0 Å². The molecule has 5 heteroatoms. The molecule has 3 aromatic rings. The van der Waals surface area contributed by atoms with E-state index in [9.17, 15) is 5.11 Å². The highest BCUT2D eigenvalue weighted by Gasteiger charge is 2.14. The van der Waals surface area contributed by atoms with Crippen LogP contribution in [0.4, 0.5) is 0 Å². The molecule has 0 fully saturated rings. The van der Waals surface area contributed by atoms with Gasteiger partial charge in [-0.15, -0.1) is 5.10 Å². The van der Waals surface area contributed by atoms with Crippen LogP contribution in [0.1, 0.15) is 0 Å². The van der Waals surface area contributed by atoms with Crippen molar-refractivity contribution < 1.29 is 5.11 Å². The van der Waals surface area contributed by atoms with E-state index in [1.165, 1.54) is 0 Å². The number of hydrogen-bond donors (Lipinski definition) is 1. The molecule has 0 radical (unpaired) electrons. The topological polar surface area (TPSA) is 63.8 Å². The quantitative estimate of drug-likeness (QED) is 0.686. The molecule has 0 amide bonds. The molecule has 0 saturated heterocycles. The fourth-order valence-corrected chi connectivity index (χ4v) is 1.94. The Kier molecular flexibility index (Phi) is 2.04. The van der Waals surface area contributed by atoms with Gasteiger partial charge in [0.25, 0.3) is 0 Å². The average molecular weight is 226 g/mol. The van der Waals surface area contributed by atoms with Crippen LogP contribution in [0.5, 0.6) is 5.75 Å². The van der Waals surface area contributed by atoms with Gasteiger partial charge in [0.1, 0.15) is 5.75 Å². The molecule has 0 saturated carbocycles. The number of aromatic nitrogens is 4. The molecular formula is C12H10N4O. The number of rotatable bonds is 1. The Morgan fingerprint density at radius 3 is 2.71 bits per heavy atom. The van der Waals surface area contributed by atoms with Crippen molar-refractivity contribution in [2.75, 3.05) is 0 Å². The first-order chi connectivity index (χ1) is 8.27. The molecule has 17 heavy (non-hydrogen) atoms. The van der Waals surface area contributed by atoms with Gasteiger partial charge in [-0.05, 0) is 27.3 Å². The van der Waals surface area contributed by atoms with Gasteiger partial charge < -0.3 is 5.11 Å². The lowest BCUT2D eigenvalue weighted by Gasteiger charge is -2.07. The standard InChI is InChI=1S/C12H10N4O/c1-16-12(13-14-15-16)11-9-5-3-2-4-8(9)6-7-10(11)17/h2-7,17H,1H3. The van der Waals surface area contributed by atoms with E-state index in [1.54, 1.807) is 17.8 Å². The number of aromatic hydroxyl groups is 1. The highest BCUT2D eigenvalue weighted by atomic mass is 16.3.